The van der Waals surface area contributed by atoms with E-state index in [0.29, 0.717) is 11.9 Å². The summed E-state index contributed by atoms with van der Waals surface area (Å²) in [6.45, 7) is 4.64. The van der Waals surface area contributed by atoms with Gasteiger partial charge < -0.3 is 15.2 Å². The van der Waals surface area contributed by atoms with Crippen molar-refractivity contribution in [2.24, 2.45) is 0 Å². The van der Waals surface area contributed by atoms with Gasteiger partial charge in [0.15, 0.2) is 0 Å². The molecule has 21 heavy (non-hydrogen) atoms. The van der Waals surface area contributed by atoms with E-state index in [1.54, 1.807) is 6.20 Å². The molecule has 2 N–H and O–H groups in total. The van der Waals surface area contributed by atoms with Crippen LogP contribution in [0.3, 0.4) is 0 Å². The Kier molecular flexibility index (Phi) is 6.21. The molecule has 8 heteroatoms. The van der Waals surface area contributed by atoms with Crippen LogP contribution in [-0.2, 0) is 6.54 Å². The maximum atomic E-state index is 5.88. The Morgan fingerprint density at radius 2 is 1.86 bits per heavy atom. The first-order chi connectivity index (χ1) is 10.3. The first-order valence-corrected chi connectivity index (χ1v) is 7.51. The Morgan fingerprint density at radius 1 is 1.10 bits per heavy atom. The molecule has 2 heterocycles. The number of nitrogens with one attached hydrogen (secondary N) is 2. The van der Waals surface area contributed by atoms with E-state index in [2.05, 4.69) is 42.1 Å². The van der Waals surface area contributed by atoms with Crippen LogP contribution in [0.2, 0.25) is 5.28 Å². The molecule has 0 aliphatic carbocycles. The Labute approximate surface area is 129 Å². The fourth-order valence-corrected chi connectivity index (χ4v) is 1.94. The average molecular weight is 310 g/mol. The molecule has 0 spiro atoms. The molecular formula is C13H20ClN7. The summed E-state index contributed by atoms with van der Waals surface area (Å²) in [4.78, 5) is 16.4. The molecule has 7 nitrogen and oxygen atoms in total. The molecule has 0 aliphatic heterocycles. The normalized spacial score (nSPS) is 10.6. The van der Waals surface area contributed by atoms with Crippen molar-refractivity contribution in [3.63, 3.8) is 0 Å². The summed E-state index contributed by atoms with van der Waals surface area (Å²) in [6, 6.07) is 0. The van der Waals surface area contributed by atoms with Crippen molar-refractivity contribution in [3.05, 3.63) is 24.0 Å². The standard InChI is InChI=1S/C13H20ClN7/c1-2-5-16-12-18-11(14)19-13(20-12)17-6-3-4-8-21-9-7-15-10-21/h7,9-10H,2-6,8H2,1H3,(H2,16,17,18,19,20). The summed E-state index contributed by atoms with van der Waals surface area (Å²) >= 11 is 5.88. The molecule has 0 aromatic carbocycles. The van der Waals surface area contributed by atoms with E-state index >= 15 is 0 Å². The SMILES string of the molecule is CCCNc1nc(Cl)nc(NCCCCn2ccnc2)n1. The number of aromatic nitrogens is 5. The molecule has 0 unspecified atom stereocenters. The minimum Gasteiger partial charge on any atom is -0.354 e. The fraction of sp³-hybridized carbons (Fsp3) is 0.538. The lowest BCUT2D eigenvalue weighted by Crippen LogP contribution is -2.11. The van der Waals surface area contributed by atoms with Crippen LogP contribution < -0.4 is 10.6 Å². The van der Waals surface area contributed by atoms with Crippen LogP contribution >= 0.6 is 11.6 Å². The molecule has 0 radical (unpaired) electrons. The second kappa shape index (κ2) is 8.41. The fourth-order valence-electron chi connectivity index (χ4n) is 1.78. The third-order valence-electron chi connectivity index (χ3n) is 2.83. The zero-order valence-electron chi connectivity index (χ0n) is 12.1. The third kappa shape index (κ3) is 5.55. The van der Waals surface area contributed by atoms with Crippen LogP contribution in [0.4, 0.5) is 11.9 Å². The second-order valence-electron chi connectivity index (χ2n) is 4.61. The summed E-state index contributed by atoms with van der Waals surface area (Å²) in [6.07, 6.45) is 8.65. The number of hydrogen-bond donors (Lipinski definition) is 2. The van der Waals surface area contributed by atoms with Crippen LogP contribution in [0.15, 0.2) is 18.7 Å². The van der Waals surface area contributed by atoms with E-state index in [1.807, 2.05) is 12.5 Å². The first-order valence-electron chi connectivity index (χ1n) is 7.13. The molecule has 2 aromatic heterocycles. The predicted octanol–water partition coefficient (Wildman–Crippen LogP) is 2.44. The van der Waals surface area contributed by atoms with E-state index in [4.69, 9.17) is 11.6 Å². The topological polar surface area (TPSA) is 80.5 Å². The van der Waals surface area contributed by atoms with E-state index in [-0.39, 0.29) is 5.28 Å². The summed E-state index contributed by atoms with van der Waals surface area (Å²) in [7, 11) is 0. The predicted molar refractivity (Wildman–Crippen MR) is 83.6 cm³/mol. The molecule has 0 atom stereocenters. The van der Waals surface area contributed by atoms with Crippen LogP contribution in [-0.4, -0.2) is 37.6 Å². The molecule has 2 aromatic rings. The van der Waals surface area contributed by atoms with Crippen molar-refractivity contribution in [1.29, 1.82) is 0 Å². The van der Waals surface area contributed by atoms with Crippen LogP contribution in [0.1, 0.15) is 26.2 Å². The highest BCUT2D eigenvalue weighted by Gasteiger charge is 2.03. The number of halogens is 1. The Bertz CT molecular complexity index is 529. The van der Waals surface area contributed by atoms with Crippen LogP contribution in [0.5, 0.6) is 0 Å². The van der Waals surface area contributed by atoms with Gasteiger partial charge in [0.2, 0.25) is 17.2 Å². The number of aryl methyl sites for hydroxylation is 1. The lowest BCUT2D eigenvalue weighted by molar-refractivity contribution is 0.620. The molecule has 0 bridgehead atoms. The minimum atomic E-state index is 0.199. The van der Waals surface area contributed by atoms with Crippen molar-refractivity contribution in [1.82, 2.24) is 24.5 Å². The summed E-state index contributed by atoms with van der Waals surface area (Å²) in [5.41, 5.74) is 0. The maximum absolute atomic E-state index is 5.88. The summed E-state index contributed by atoms with van der Waals surface area (Å²) in [5.74, 6) is 1.02. The van der Waals surface area contributed by atoms with Crippen LogP contribution in [0, 0.1) is 0 Å². The Hall–Kier alpha value is -1.89. The molecule has 2 rings (SSSR count). The zero-order chi connectivity index (χ0) is 14.9. The molecule has 0 amide bonds. The second-order valence-corrected chi connectivity index (χ2v) is 4.95. The van der Waals surface area contributed by atoms with Crippen molar-refractivity contribution < 1.29 is 0 Å². The van der Waals surface area contributed by atoms with E-state index < -0.39 is 0 Å². The molecule has 0 saturated heterocycles. The van der Waals surface area contributed by atoms with Gasteiger partial charge in [0, 0.05) is 32.0 Å². The number of rotatable bonds is 9. The van der Waals surface area contributed by atoms with Crippen LogP contribution in [0.25, 0.3) is 0 Å². The van der Waals surface area contributed by atoms with E-state index in [1.165, 1.54) is 0 Å². The molecule has 0 aliphatic rings. The van der Waals surface area contributed by atoms with Crippen molar-refractivity contribution in [2.45, 2.75) is 32.7 Å². The molecular weight excluding hydrogens is 290 g/mol. The highest BCUT2D eigenvalue weighted by molar-refractivity contribution is 6.28. The van der Waals surface area contributed by atoms with Crippen molar-refractivity contribution in [3.8, 4) is 0 Å². The summed E-state index contributed by atoms with van der Waals surface area (Å²) < 4.78 is 2.06. The van der Waals surface area contributed by atoms with Crippen molar-refractivity contribution >= 4 is 23.5 Å². The molecule has 114 valence electrons. The quantitative estimate of drug-likeness (QED) is 0.692. The average Bonchev–Trinajstić information content (AvgIpc) is 2.97. The number of anilines is 2. The molecule has 0 saturated carbocycles. The minimum absolute atomic E-state index is 0.199. The summed E-state index contributed by atoms with van der Waals surface area (Å²) in [5, 5.41) is 6.47. The van der Waals surface area contributed by atoms with Gasteiger partial charge in [0.1, 0.15) is 0 Å². The van der Waals surface area contributed by atoms with Gasteiger partial charge >= 0.3 is 0 Å². The number of unbranched alkanes of at least 4 members (excludes halogenated alkanes) is 1. The highest BCUT2D eigenvalue weighted by Crippen LogP contribution is 2.09. The van der Waals surface area contributed by atoms with E-state index in [0.717, 1.165) is 38.9 Å². The largest absolute Gasteiger partial charge is 0.354 e. The van der Waals surface area contributed by atoms with E-state index in [9.17, 15) is 0 Å². The lowest BCUT2D eigenvalue weighted by atomic mass is 10.3. The smallest absolute Gasteiger partial charge is 0.228 e. The lowest BCUT2D eigenvalue weighted by Gasteiger charge is -2.08. The monoisotopic (exact) mass is 309 g/mol. The van der Waals surface area contributed by atoms with Crippen molar-refractivity contribution in [2.75, 3.05) is 23.7 Å². The number of imidazole rings is 1. The van der Waals surface area contributed by atoms with Gasteiger partial charge in [0.05, 0.1) is 6.33 Å². The van der Waals surface area contributed by atoms with Gasteiger partial charge in [-0.3, -0.25) is 0 Å². The molecule has 0 fully saturated rings. The number of nitrogens with zero attached hydrogens (tertiary/aromatic N) is 5. The van der Waals surface area contributed by atoms with Gasteiger partial charge in [-0.2, -0.15) is 15.0 Å². The zero-order valence-corrected chi connectivity index (χ0v) is 12.8. The van der Waals surface area contributed by atoms with Gasteiger partial charge in [-0.15, -0.1) is 0 Å². The van der Waals surface area contributed by atoms with Gasteiger partial charge in [-0.05, 0) is 30.9 Å². The Balaban J connectivity index is 1.73. The highest BCUT2D eigenvalue weighted by atomic mass is 35.5. The van der Waals surface area contributed by atoms with Gasteiger partial charge in [-0.1, -0.05) is 6.92 Å². The Morgan fingerprint density at radius 3 is 2.52 bits per heavy atom. The number of hydrogen-bond acceptors (Lipinski definition) is 6. The van der Waals surface area contributed by atoms with Gasteiger partial charge in [-0.25, -0.2) is 4.98 Å². The first kappa shape index (κ1) is 15.5. The third-order valence-corrected chi connectivity index (χ3v) is 3.00. The maximum Gasteiger partial charge on any atom is 0.228 e. The van der Waals surface area contributed by atoms with Gasteiger partial charge in [0.25, 0.3) is 0 Å².